The van der Waals surface area contributed by atoms with Crippen molar-refractivity contribution in [1.82, 2.24) is 8.87 Å². The number of fused-ring (bicyclic) bond motifs is 5. The maximum absolute atomic E-state index is 14.0. The molecule has 168 valence electrons. The van der Waals surface area contributed by atoms with E-state index in [0.29, 0.717) is 18.4 Å². The number of ketones is 1. The summed E-state index contributed by atoms with van der Waals surface area (Å²) >= 11 is 1.66. The SMILES string of the molecule is Cc1ccc(S(=O)(=O)n2c3c(c4ccccc42)CCN2[C@H](c4cccs4)CC(=O)C[C@@H]32)cc1. The van der Waals surface area contributed by atoms with Crippen molar-refractivity contribution in [2.75, 3.05) is 6.54 Å². The highest BCUT2D eigenvalue weighted by Gasteiger charge is 2.44. The van der Waals surface area contributed by atoms with Gasteiger partial charge in [0.2, 0.25) is 0 Å². The van der Waals surface area contributed by atoms with E-state index in [2.05, 4.69) is 11.0 Å². The van der Waals surface area contributed by atoms with E-state index in [-0.39, 0.29) is 22.8 Å². The van der Waals surface area contributed by atoms with E-state index in [0.717, 1.165) is 35.2 Å². The van der Waals surface area contributed by atoms with Crippen LogP contribution < -0.4 is 0 Å². The van der Waals surface area contributed by atoms with Gasteiger partial charge >= 0.3 is 0 Å². The molecule has 1 fully saturated rings. The van der Waals surface area contributed by atoms with Crippen molar-refractivity contribution < 1.29 is 13.2 Å². The zero-order valence-electron chi connectivity index (χ0n) is 18.3. The van der Waals surface area contributed by atoms with Gasteiger partial charge in [-0.2, -0.15) is 0 Å². The monoisotopic (exact) mass is 476 g/mol. The molecular weight excluding hydrogens is 452 g/mol. The number of para-hydroxylation sites is 1. The van der Waals surface area contributed by atoms with Crippen molar-refractivity contribution in [1.29, 1.82) is 0 Å². The summed E-state index contributed by atoms with van der Waals surface area (Å²) < 4.78 is 29.6. The molecule has 5 nitrogen and oxygen atoms in total. The molecule has 4 heterocycles. The fourth-order valence-corrected chi connectivity index (χ4v) is 7.93. The Morgan fingerprint density at radius 3 is 2.45 bits per heavy atom. The molecule has 2 aromatic carbocycles. The topological polar surface area (TPSA) is 59.4 Å². The Bertz CT molecular complexity index is 1470. The maximum Gasteiger partial charge on any atom is 0.268 e. The van der Waals surface area contributed by atoms with Crippen molar-refractivity contribution in [3.05, 3.63) is 87.7 Å². The standard InChI is InChI=1S/C26H24N2O3S2/c1-17-8-10-19(11-9-17)33(30,31)28-22-6-3-2-5-20(22)21-12-13-27-23(25-7-4-14-32-25)15-18(29)16-24(27)26(21)28/h2-11,14,23-24H,12-13,15-16H2,1H3/t23-,24-/m0/s1. The van der Waals surface area contributed by atoms with Crippen LogP contribution in [0.4, 0.5) is 0 Å². The van der Waals surface area contributed by atoms with Gasteiger partial charge in [-0.1, -0.05) is 42.0 Å². The second-order valence-electron chi connectivity index (χ2n) is 8.95. The molecular formula is C26H24N2O3S2. The summed E-state index contributed by atoms with van der Waals surface area (Å²) in [6.45, 7) is 2.76. The molecule has 7 heteroatoms. The number of aromatic nitrogens is 1. The molecule has 0 spiro atoms. The number of carbonyl (C=O) groups is 1. The van der Waals surface area contributed by atoms with Gasteiger partial charge in [0.25, 0.3) is 10.0 Å². The van der Waals surface area contributed by atoms with Crippen LogP contribution in [0, 0.1) is 6.92 Å². The Balaban J connectivity index is 1.59. The van der Waals surface area contributed by atoms with E-state index < -0.39 is 10.0 Å². The van der Waals surface area contributed by atoms with Crippen molar-refractivity contribution in [3.63, 3.8) is 0 Å². The first-order chi connectivity index (χ1) is 15.9. The highest BCUT2D eigenvalue weighted by molar-refractivity contribution is 7.90. The first kappa shape index (κ1) is 20.8. The highest BCUT2D eigenvalue weighted by Crippen LogP contribution is 2.48. The Morgan fingerprint density at radius 1 is 0.939 bits per heavy atom. The number of piperidine rings is 1. The largest absolute Gasteiger partial charge is 0.300 e. The first-order valence-corrected chi connectivity index (χ1v) is 13.5. The van der Waals surface area contributed by atoms with E-state index >= 15 is 0 Å². The van der Waals surface area contributed by atoms with Crippen molar-refractivity contribution in [3.8, 4) is 0 Å². The molecule has 0 bridgehead atoms. The molecule has 2 aliphatic rings. The van der Waals surface area contributed by atoms with Crippen LogP contribution in [0.1, 0.15) is 46.6 Å². The Hall–Kier alpha value is -2.74. The third kappa shape index (κ3) is 3.21. The van der Waals surface area contributed by atoms with Crippen LogP contribution in [0.2, 0.25) is 0 Å². The number of aryl methyl sites for hydroxylation is 1. The van der Waals surface area contributed by atoms with Gasteiger partial charge in [-0.25, -0.2) is 12.4 Å². The normalized spacial score (nSPS) is 21.2. The van der Waals surface area contributed by atoms with Gasteiger partial charge in [-0.05, 0) is 48.6 Å². The summed E-state index contributed by atoms with van der Waals surface area (Å²) in [5.41, 5.74) is 3.52. The highest BCUT2D eigenvalue weighted by atomic mass is 32.2. The van der Waals surface area contributed by atoms with Gasteiger partial charge in [-0.3, -0.25) is 9.69 Å². The van der Waals surface area contributed by atoms with E-state index in [4.69, 9.17) is 0 Å². The molecule has 0 unspecified atom stereocenters. The molecule has 0 aliphatic carbocycles. The quantitative estimate of drug-likeness (QED) is 0.405. The molecule has 2 aromatic heterocycles. The Morgan fingerprint density at radius 2 is 1.70 bits per heavy atom. The second kappa shape index (κ2) is 7.65. The zero-order chi connectivity index (χ0) is 22.7. The van der Waals surface area contributed by atoms with Crippen LogP contribution in [-0.2, 0) is 21.2 Å². The van der Waals surface area contributed by atoms with Gasteiger partial charge in [0.1, 0.15) is 5.78 Å². The average molecular weight is 477 g/mol. The van der Waals surface area contributed by atoms with Crippen molar-refractivity contribution in [2.45, 2.75) is 43.2 Å². The summed E-state index contributed by atoms with van der Waals surface area (Å²) in [4.78, 5) is 16.7. The van der Waals surface area contributed by atoms with Crippen LogP contribution in [0.25, 0.3) is 10.9 Å². The predicted molar refractivity (Wildman–Crippen MR) is 130 cm³/mol. The van der Waals surface area contributed by atoms with Gasteiger partial charge < -0.3 is 0 Å². The maximum atomic E-state index is 14.0. The molecule has 0 amide bonds. The molecule has 0 saturated carbocycles. The number of benzene rings is 2. The van der Waals surface area contributed by atoms with Gasteiger partial charge in [-0.15, -0.1) is 11.3 Å². The van der Waals surface area contributed by atoms with E-state index in [9.17, 15) is 13.2 Å². The molecule has 6 rings (SSSR count). The molecule has 0 N–H and O–H groups in total. The molecule has 33 heavy (non-hydrogen) atoms. The number of thiophene rings is 1. The number of carbonyl (C=O) groups excluding carboxylic acids is 1. The summed E-state index contributed by atoms with van der Waals surface area (Å²) in [5.74, 6) is 0.187. The fraction of sp³-hybridized carbons (Fsp3) is 0.269. The van der Waals surface area contributed by atoms with Crippen LogP contribution in [-0.4, -0.2) is 29.6 Å². The predicted octanol–water partition coefficient (Wildman–Crippen LogP) is 5.25. The van der Waals surface area contributed by atoms with E-state index in [1.165, 1.54) is 8.85 Å². The number of hydrogen-bond donors (Lipinski definition) is 0. The molecule has 2 atom stereocenters. The minimum Gasteiger partial charge on any atom is -0.300 e. The second-order valence-corrected chi connectivity index (χ2v) is 11.7. The number of Topliss-reactive ketones (excluding diaryl/α,β-unsaturated/α-hetero) is 1. The van der Waals surface area contributed by atoms with Crippen molar-refractivity contribution >= 4 is 38.0 Å². The van der Waals surface area contributed by atoms with Crippen LogP contribution in [0.15, 0.2) is 70.9 Å². The average Bonchev–Trinajstić information content (AvgIpc) is 3.45. The van der Waals surface area contributed by atoms with Gasteiger partial charge in [0.15, 0.2) is 0 Å². The lowest BCUT2D eigenvalue weighted by Gasteiger charge is -2.44. The summed E-state index contributed by atoms with van der Waals surface area (Å²) in [7, 11) is -3.84. The van der Waals surface area contributed by atoms with Crippen molar-refractivity contribution in [2.24, 2.45) is 0 Å². The third-order valence-corrected chi connectivity index (χ3v) is 9.70. The third-order valence-electron chi connectivity index (χ3n) is 6.99. The summed E-state index contributed by atoms with van der Waals surface area (Å²) in [6.07, 6.45) is 1.59. The number of nitrogens with zero attached hydrogens (tertiary/aromatic N) is 2. The first-order valence-electron chi connectivity index (χ1n) is 11.2. The number of hydrogen-bond acceptors (Lipinski definition) is 5. The van der Waals surface area contributed by atoms with Crippen LogP contribution >= 0.6 is 11.3 Å². The Labute approximate surface area is 197 Å². The molecule has 4 aromatic rings. The minimum atomic E-state index is -3.84. The number of rotatable bonds is 3. The lowest BCUT2D eigenvalue weighted by molar-refractivity contribution is -0.126. The zero-order valence-corrected chi connectivity index (χ0v) is 19.9. The Kier molecular flexibility index (Phi) is 4.83. The summed E-state index contributed by atoms with van der Waals surface area (Å²) in [6, 6.07) is 18.6. The van der Waals surface area contributed by atoms with Gasteiger partial charge in [0, 0.05) is 29.6 Å². The molecule has 1 saturated heterocycles. The smallest absolute Gasteiger partial charge is 0.268 e. The van der Waals surface area contributed by atoms with E-state index in [1.807, 2.05) is 54.8 Å². The van der Waals surface area contributed by atoms with Gasteiger partial charge in [0.05, 0.1) is 28.2 Å². The lowest BCUT2D eigenvalue weighted by Crippen LogP contribution is -2.44. The lowest BCUT2D eigenvalue weighted by atomic mass is 9.86. The fourth-order valence-electron chi connectivity index (χ4n) is 5.49. The van der Waals surface area contributed by atoms with E-state index in [1.54, 1.807) is 23.5 Å². The molecule has 2 aliphatic heterocycles. The molecule has 0 radical (unpaired) electrons. The van der Waals surface area contributed by atoms with Crippen LogP contribution in [0.3, 0.4) is 0 Å². The summed E-state index contributed by atoms with van der Waals surface area (Å²) in [5, 5.41) is 3.01. The minimum absolute atomic E-state index is 0.00191. The van der Waals surface area contributed by atoms with Crippen LogP contribution in [0.5, 0.6) is 0 Å².